The van der Waals surface area contributed by atoms with Gasteiger partial charge in [-0.2, -0.15) is 0 Å². The van der Waals surface area contributed by atoms with Crippen molar-refractivity contribution in [2.75, 3.05) is 6.61 Å². The van der Waals surface area contributed by atoms with Gasteiger partial charge in [0, 0.05) is 0 Å². The molecule has 0 fully saturated rings. The maximum Gasteiger partial charge on any atom is 0.338 e. The van der Waals surface area contributed by atoms with Gasteiger partial charge in [0.15, 0.2) is 6.10 Å². The number of nitrogens with two attached hydrogens (primary N) is 1. The first-order valence-electron chi connectivity index (χ1n) is 5.27. The minimum Gasteiger partial charge on any atom is -0.481 e. The van der Waals surface area contributed by atoms with Crippen LogP contribution in [0.25, 0.3) is 0 Å². The molecule has 0 aromatic heterocycles. The Labute approximate surface area is 99.5 Å². The molecule has 17 heavy (non-hydrogen) atoms. The molecule has 92 valence electrons. The van der Waals surface area contributed by atoms with E-state index in [1.165, 1.54) is 6.07 Å². The quantitative estimate of drug-likeness (QED) is 0.778. The van der Waals surface area contributed by atoms with Crippen molar-refractivity contribution < 1.29 is 19.1 Å². The highest BCUT2D eigenvalue weighted by atomic mass is 16.5. The minimum absolute atomic E-state index is 0.307. The number of hydrogen-bond donors (Lipinski definition) is 1. The monoisotopic (exact) mass is 237 g/mol. The summed E-state index contributed by atoms with van der Waals surface area (Å²) in [6.45, 7) is 3.58. The van der Waals surface area contributed by atoms with Crippen molar-refractivity contribution in [2.24, 2.45) is 5.73 Å². The van der Waals surface area contributed by atoms with Crippen LogP contribution in [0, 0.1) is 0 Å². The van der Waals surface area contributed by atoms with Crippen molar-refractivity contribution in [1.29, 1.82) is 0 Å². The summed E-state index contributed by atoms with van der Waals surface area (Å²) >= 11 is 0. The number of esters is 1. The molecule has 5 nitrogen and oxygen atoms in total. The standard InChI is InChI=1S/C12H15NO4/c1-3-16-12(15)9-5-4-6-10(7-9)17-8(2)11(13)14/h4-8H,3H2,1-2H3,(H2,13,14)/t8-/m1/s1. The van der Waals surface area contributed by atoms with Crippen molar-refractivity contribution in [3.63, 3.8) is 0 Å². The summed E-state index contributed by atoms with van der Waals surface area (Å²) in [5.41, 5.74) is 5.45. The zero-order valence-corrected chi connectivity index (χ0v) is 9.80. The molecule has 0 saturated carbocycles. The van der Waals surface area contributed by atoms with Gasteiger partial charge >= 0.3 is 5.97 Å². The van der Waals surface area contributed by atoms with Gasteiger partial charge in [0.25, 0.3) is 5.91 Å². The fourth-order valence-electron chi connectivity index (χ4n) is 1.17. The molecule has 0 radical (unpaired) electrons. The molecule has 0 aliphatic heterocycles. The Bertz CT molecular complexity index is 417. The lowest BCUT2D eigenvalue weighted by Crippen LogP contribution is -2.30. The zero-order valence-electron chi connectivity index (χ0n) is 9.80. The smallest absolute Gasteiger partial charge is 0.338 e. The fourth-order valence-corrected chi connectivity index (χ4v) is 1.17. The third-order valence-corrected chi connectivity index (χ3v) is 2.06. The molecule has 0 unspecified atom stereocenters. The van der Waals surface area contributed by atoms with E-state index in [1.54, 1.807) is 32.0 Å². The molecule has 5 heteroatoms. The summed E-state index contributed by atoms with van der Waals surface area (Å²) in [5, 5.41) is 0. The van der Waals surface area contributed by atoms with Crippen LogP contribution < -0.4 is 10.5 Å². The lowest BCUT2D eigenvalue weighted by molar-refractivity contribution is -0.123. The molecule has 0 bridgehead atoms. The first-order valence-corrected chi connectivity index (χ1v) is 5.27. The van der Waals surface area contributed by atoms with Gasteiger partial charge in [-0.3, -0.25) is 4.79 Å². The molecule has 1 aromatic carbocycles. The molecule has 1 amide bonds. The summed E-state index contributed by atoms with van der Waals surface area (Å²) in [5.74, 6) is -0.585. The largest absolute Gasteiger partial charge is 0.481 e. The average Bonchev–Trinajstić information content (AvgIpc) is 2.29. The van der Waals surface area contributed by atoms with Gasteiger partial charge in [0.05, 0.1) is 12.2 Å². The second-order valence-electron chi connectivity index (χ2n) is 3.41. The Morgan fingerprint density at radius 1 is 1.41 bits per heavy atom. The second-order valence-corrected chi connectivity index (χ2v) is 3.41. The summed E-state index contributed by atoms with van der Waals surface area (Å²) in [6, 6.07) is 6.41. The number of ether oxygens (including phenoxy) is 2. The van der Waals surface area contributed by atoms with E-state index in [9.17, 15) is 9.59 Å². The van der Waals surface area contributed by atoms with Crippen molar-refractivity contribution in [3.8, 4) is 5.75 Å². The predicted molar refractivity (Wildman–Crippen MR) is 61.7 cm³/mol. The van der Waals surface area contributed by atoms with Gasteiger partial charge in [0.2, 0.25) is 0 Å². The third kappa shape index (κ3) is 3.79. The molecular formula is C12H15NO4. The molecule has 1 atom stereocenters. The average molecular weight is 237 g/mol. The van der Waals surface area contributed by atoms with Crippen LogP contribution >= 0.6 is 0 Å². The molecular weight excluding hydrogens is 222 g/mol. The molecule has 2 N–H and O–H groups in total. The van der Waals surface area contributed by atoms with Crippen molar-refractivity contribution in [2.45, 2.75) is 20.0 Å². The van der Waals surface area contributed by atoms with Crippen LogP contribution in [0.2, 0.25) is 0 Å². The van der Waals surface area contributed by atoms with Gasteiger partial charge < -0.3 is 15.2 Å². The van der Waals surface area contributed by atoms with Gasteiger partial charge in [-0.1, -0.05) is 6.07 Å². The molecule has 0 aliphatic carbocycles. The van der Waals surface area contributed by atoms with Crippen LogP contribution in [0.15, 0.2) is 24.3 Å². The van der Waals surface area contributed by atoms with Gasteiger partial charge in [-0.05, 0) is 32.0 Å². The van der Waals surface area contributed by atoms with E-state index < -0.39 is 18.0 Å². The van der Waals surface area contributed by atoms with Crippen molar-refractivity contribution >= 4 is 11.9 Å². The summed E-state index contributed by atoms with van der Waals surface area (Å²) in [4.78, 5) is 22.3. The maximum absolute atomic E-state index is 11.4. The lowest BCUT2D eigenvalue weighted by atomic mass is 10.2. The molecule has 0 spiro atoms. The highest BCUT2D eigenvalue weighted by Gasteiger charge is 2.12. The van der Waals surface area contributed by atoms with E-state index >= 15 is 0 Å². The Morgan fingerprint density at radius 3 is 2.71 bits per heavy atom. The zero-order chi connectivity index (χ0) is 12.8. The molecule has 0 heterocycles. The van der Waals surface area contributed by atoms with Crippen LogP contribution in [0.5, 0.6) is 5.75 Å². The summed E-state index contributed by atoms with van der Waals surface area (Å²) < 4.78 is 10.1. The predicted octanol–water partition coefficient (Wildman–Crippen LogP) is 1.12. The Hall–Kier alpha value is -2.04. The SMILES string of the molecule is CCOC(=O)c1cccc(O[C@H](C)C(N)=O)c1. The third-order valence-electron chi connectivity index (χ3n) is 2.06. The number of rotatable bonds is 5. The van der Waals surface area contributed by atoms with E-state index in [0.717, 1.165) is 0 Å². The normalized spacial score (nSPS) is 11.6. The van der Waals surface area contributed by atoms with Crippen LogP contribution in [-0.2, 0) is 9.53 Å². The lowest BCUT2D eigenvalue weighted by Gasteiger charge is -2.11. The van der Waals surface area contributed by atoms with Gasteiger partial charge in [-0.15, -0.1) is 0 Å². The molecule has 0 aliphatic rings. The number of primary amides is 1. The van der Waals surface area contributed by atoms with Crippen molar-refractivity contribution in [1.82, 2.24) is 0 Å². The number of carbonyl (C=O) groups excluding carboxylic acids is 2. The number of hydrogen-bond acceptors (Lipinski definition) is 4. The minimum atomic E-state index is -0.743. The summed E-state index contributed by atoms with van der Waals surface area (Å²) in [6.07, 6.45) is -0.743. The van der Waals surface area contributed by atoms with E-state index in [4.69, 9.17) is 15.2 Å². The van der Waals surface area contributed by atoms with Crippen LogP contribution in [-0.4, -0.2) is 24.6 Å². The second kappa shape index (κ2) is 5.89. The summed E-state index contributed by atoms with van der Waals surface area (Å²) in [7, 11) is 0. The van der Waals surface area contributed by atoms with Crippen LogP contribution in [0.4, 0.5) is 0 Å². The number of carbonyl (C=O) groups is 2. The Morgan fingerprint density at radius 2 is 2.12 bits per heavy atom. The van der Waals surface area contributed by atoms with E-state index in [2.05, 4.69) is 0 Å². The molecule has 0 saturated heterocycles. The number of amides is 1. The van der Waals surface area contributed by atoms with E-state index in [-0.39, 0.29) is 0 Å². The maximum atomic E-state index is 11.4. The van der Waals surface area contributed by atoms with Crippen LogP contribution in [0.1, 0.15) is 24.2 Å². The van der Waals surface area contributed by atoms with Crippen molar-refractivity contribution in [3.05, 3.63) is 29.8 Å². The first kappa shape index (κ1) is 13.0. The Kier molecular flexibility index (Phi) is 4.51. The Balaban J connectivity index is 2.79. The van der Waals surface area contributed by atoms with Gasteiger partial charge in [-0.25, -0.2) is 4.79 Å². The topological polar surface area (TPSA) is 78.6 Å². The highest BCUT2D eigenvalue weighted by Crippen LogP contribution is 2.15. The van der Waals surface area contributed by atoms with E-state index in [1.807, 2.05) is 0 Å². The fraction of sp³-hybridized carbons (Fsp3) is 0.333. The van der Waals surface area contributed by atoms with Gasteiger partial charge in [0.1, 0.15) is 5.75 Å². The number of benzene rings is 1. The molecule has 1 rings (SSSR count). The highest BCUT2D eigenvalue weighted by molar-refractivity contribution is 5.89. The van der Waals surface area contributed by atoms with E-state index in [0.29, 0.717) is 17.9 Å². The molecule has 1 aromatic rings. The first-order chi connectivity index (χ1) is 8.04. The van der Waals surface area contributed by atoms with Crippen LogP contribution in [0.3, 0.4) is 0 Å².